The van der Waals surface area contributed by atoms with Crippen molar-refractivity contribution in [3.63, 3.8) is 0 Å². The molecule has 0 unspecified atom stereocenters. The second-order valence-electron chi connectivity index (χ2n) is 4.36. The molecular weight excluding hydrogens is 277 g/mol. The van der Waals surface area contributed by atoms with Crippen molar-refractivity contribution in [2.24, 2.45) is 5.73 Å². The van der Waals surface area contributed by atoms with Gasteiger partial charge in [0.2, 0.25) is 5.75 Å². The normalized spacial score (nSPS) is 10.2. The zero-order valence-corrected chi connectivity index (χ0v) is 11.1. The Morgan fingerprint density at radius 2 is 2.05 bits per heavy atom. The number of nitrogens with two attached hydrogens (primary N) is 1. The number of nitrogens with zero attached hydrogens (tertiary/aromatic N) is 1. The number of amidine groups is 1. The summed E-state index contributed by atoms with van der Waals surface area (Å²) >= 11 is 0. The summed E-state index contributed by atoms with van der Waals surface area (Å²) in [6.07, 6.45) is 0. The third kappa shape index (κ3) is 2.97. The highest BCUT2D eigenvalue weighted by Crippen LogP contribution is 2.34. The zero-order chi connectivity index (χ0) is 15.6. The van der Waals surface area contributed by atoms with Crippen LogP contribution in [0.5, 0.6) is 11.5 Å². The minimum atomic E-state index is -0.727. The van der Waals surface area contributed by atoms with Crippen LogP contribution in [0.25, 0.3) is 0 Å². The van der Waals surface area contributed by atoms with Crippen LogP contribution in [0.4, 0.5) is 10.1 Å². The van der Waals surface area contributed by atoms with Gasteiger partial charge in [-0.1, -0.05) is 12.1 Å². The fourth-order valence-corrected chi connectivity index (χ4v) is 1.82. The molecule has 0 amide bonds. The summed E-state index contributed by atoms with van der Waals surface area (Å²) in [4.78, 5) is 10.4. The highest BCUT2D eigenvalue weighted by Gasteiger charge is 2.19. The van der Waals surface area contributed by atoms with Gasteiger partial charge in [-0.25, -0.2) is 4.39 Å². The number of nitrogens with one attached hydrogen (secondary N) is 1. The van der Waals surface area contributed by atoms with Crippen LogP contribution in [-0.4, -0.2) is 10.8 Å². The maximum Gasteiger partial charge on any atom is 0.311 e. The zero-order valence-electron chi connectivity index (χ0n) is 11.1. The summed E-state index contributed by atoms with van der Waals surface area (Å²) in [7, 11) is 0. The van der Waals surface area contributed by atoms with E-state index in [1.807, 2.05) is 0 Å². The number of hydrogen-bond donors (Lipinski definition) is 2. The van der Waals surface area contributed by atoms with Gasteiger partial charge in [-0.3, -0.25) is 15.5 Å². The topological polar surface area (TPSA) is 102 Å². The molecule has 0 aromatic heterocycles. The minimum absolute atomic E-state index is 0.0342. The molecule has 0 saturated heterocycles. The maximum absolute atomic E-state index is 13.7. The molecule has 2 aromatic rings. The summed E-state index contributed by atoms with van der Waals surface area (Å²) in [6, 6.07) is 8.24. The molecular formula is C14H12FN3O3. The van der Waals surface area contributed by atoms with Crippen LogP contribution in [-0.2, 0) is 0 Å². The van der Waals surface area contributed by atoms with Gasteiger partial charge in [-0.05, 0) is 30.7 Å². The first-order chi connectivity index (χ1) is 9.90. The van der Waals surface area contributed by atoms with E-state index in [0.29, 0.717) is 0 Å². The summed E-state index contributed by atoms with van der Waals surface area (Å²) < 4.78 is 19.1. The smallest absolute Gasteiger partial charge is 0.311 e. The molecule has 3 N–H and O–H groups in total. The first-order valence-corrected chi connectivity index (χ1v) is 5.96. The monoisotopic (exact) mass is 289 g/mol. The number of halogens is 1. The van der Waals surface area contributed by atoms with E-state index in [9.17, 15) is 14.5 Å². The number of hydrogen-bond acceptors (Lipinski definition) is 4. The molecule has 2 rings (SSSR count). The molecule has 0 heterocycles. The van der Waals surface area contributed by atoms with E-state index in [2.05, 4.69) is 0 Å². The number of aryl methyl sites for hydroxylation is 1. The number of rotatable bonds is 4. The van der Waals surface area contributed by atoms with Crippen molar-refractivity contribution >= 4 is 11.5 Å². The largest absolute Gasteiger partial charge is 0.449 e. The van der Waals surface area contributed by atoms with E-state index >= 15 is 0 Å². The molecule has 0 spiro atoms. The van der Waals surface area contributed by atoms with Gasteiger partial charge in [0.15, 0.2) is 0 Å². The lowest BCUT2D eigenvalue weighted by atomic mass is 10.1. The fraction of sp³-hybridized carbons (Fsp3) is 0.0714. The SMILES string of the molecule is Cc1ccc([N+](=O)[O-])c(Oc2cccc(F)c2C(=N)N)c1. The Labute approximate surface area is 119 Å². The molecule has 6 nitrogen and oxygen atoms in total. The second-order valence-corrected chi connectivity index (χ2v) is 4.36. The van der Waals surface area contributed by atoms with Crippen molar-refractivity contribution in [2.75, 3.05) is 0 Å². The van der Waals surface area contributed by atoms with Gasteiger partial charge < -0.3 is 10.5 Å². The Balaban J connectivity index is 2.53. The number of nitro benzene ring substituents is 1. The molecule has 0 atom stereocenters. The standard InChI is InChI=1S/C14H12FN3O3/c1-8-5-6-10(18(19)20)12(7-8)21-11-4-2-3-9(15)13(11)14(16)17/h2-7H,1H3,(H3,16,17). The van der Waals surface area contributed by atoms with Gasteiger partial charge in [0.1, 0.15) is 17.4 Å². The molecule has 2 aromatic carbocycles. The maximum atomic E-state index is 13.7. The van der Waals surface area contributed by atoms with E-state index in [0.717, 1.165) is 11.6 Å². The molecule has 21 heavy (non-hydrogen) atoms. The molecule has 0 bridgehead atoms. The van der Waals surface area contributed by atoms with Gasteiger partial charge in [0.25, 0.3) is 0 Å². The van der Waals surface area contributed by atoms with Crippen molar-refractivity contribution in [1.82, 2.24) is 0 Å². The molecule has 0 aliphatic carbocycles. The van der Waals surface area contributed by atoms with E-state index in [4.69, 9.17) is 15.9 Å². The van der Waals surface area contributed by atoms with Crippen LogP contribution in [0.1, 0.15) is 11.1 Å². The molecule has 0 aliphatic heterocycles. The summed E-state index contributed by atoms with van der Waals surface area (Å²) in [5.74, 6) is -1.32. The fourth-order valence-electron chi connectivity index (χ4n) is 1.82. The summed E-state index contributed by atoms with van der Waals surface area (Å²) in [5, 5.41) is 18.4. The highest BCUT2D eigenvalue weighted by atomic mass is 19.1. The van der Waals surface area contributed by atoms with Gasteiger partial charge in [0, 0.05) is 6.07 Å². The van der Waals surface area contributed by atoms with Crippen molar-refractivity contribution in [2.45, 2.75) is 6.92 Å². The number of nitro groups is 1. The van der Waals surface area contributed by atoms with E-state index in [1.54, 1.807) is 13.0 Å². The lowest BCUT2D eigenvalue weighted by Gasteiger charge is -2.11. The number of nitrogen functional groups attached to an aromatic ring is 1. The molecule has 108 valence electrons. The second kappa shape index (κ2) is 5.58. The van der Waals surface area contributed by atoms with Gasteiger partial charge in [-0.15, -0.1) is 0 Å². The van der Waals surface area contributed by atoms with Crippen molar-refractivity contribution in [3.05, 3.63) is 63.5 Å². The van der Waals surface area contributed by atoms with Crippen molar-refractivity contribution in [3.8, 4) is 11.5 Å². The van der Waals surface area contributed by atoms with Crippen LogP contribution in [0.2, 0.25) is 0 Å². The van der Waals surface area contributed by atoms with E-state index < -0.39 is 16.6 Å². The van der Waals surface area contributed by atoms with Crippen LogP contribution < -0.4 is 10.5 Å². The number of benzene rings is 2. The van der Waals surface area contributed by atoms with E-state index in [1.165, 1.54) is 24.3 Å². The third-order valence-corrected chi connectivity index (χ3v) is 2.78. The Bertz CT molecular complexity index is 731. The first kappa shape index (κ1) is 14.4. The Kier molecular flexibility index (Phi) is 3.84. The van der Waals surface area contributed by atoms with Crippen LogP contribution in [0.15, 0.2) is 36.4 Å². The minimum Gasteiger partial charge on any atom is -0.449 e. The summed E-state index contributed by atoms with van der Waals surface area (Å²) in [5.41, 5.74) is 5.59. The van der Waals surface area contributed by atoms with Crippen LogP contribution in [0.3, 0.4) is 0 Å². The molecule has 0 aliphatic rings. The van der Waals surface area contributed by atoms with Gasteiger partial charge in [0.05, 0.1) is 10.5 Å². The van der Waals surface area contributed by atoms with Crippen molar-refractivity contribution in [1.29, 1.82) is 5.41 Å². The Hall–Kier alpha value is -2.96. The van der Waals surface area contributed by atoms with Crippen LogP contribution in [0, 0.1) is 28.3 Å². The predicted octanol–water partition coefficient (Wildman–Crippen LogP) is 3.12. The average Bonchev–Trinajstić information content (AvgIpc) is 2.37. The van der Waals surface area contributed by atoms with Crippen LogP contribution >= 0.6 is 0 Å². The Morgan fingerprint density at radius 3 is 2.67 bits per heavy atom. The lowest BCUT2D eigenvalue weighted by Crippen LogP contribution is -2.14. The predicted molar refractivity (Wildman–Crippen MR) is 75.3 cm³/mol. The summed E-state index contributed by atoms with van der Waals surface area (Å²) in [6.45, 7) is 1.74. The first-order valence-electron chi connectivity index (χ1n) is 5.96. The lowest BCUT2D eigenvalue weighted by molar-refractivity contribution is -0.385. The molecule has 7 heteroatoms. The van der Waals surface area contributed by atoms with Gasteiger partial charge >= 0.3 is 5.69 Å². The van der Waals surface area contributed by atoms with Gasteiger partial charge in [-0.2, -0.15) is 0 Å². The third-order valence-electron chi connectivity index (χ3n) is 2.78. The molecule has 0 radical (unpaired) electrons. The quantitative estimate of drug-likeness (QED) is 0.390. The average molecular weight is 289 g/mol. The van der Waals surface area contributed by atoms with E-state index in [-0.39, 0.29) is 22.7 Å². The van der Waals surface area contributed by atoms with Crippen molar-refractivity contribution < 1.29 is 14.1 Å². The Morgan fingerprint density at radius 1 is 1.33 bits per heavy atom. The number of ether oxygens (including phenoxy) is 1. The molecule has 0 saturated carbocycles. The highest BCUT2D eigenvalue weighted by molar-refractivity contribution is 5.98. The molecule has 0 fully saturated rings.